The summed E-state index contributed by atoms with van der Waals surface area (Å²) in [7, 11) is 1.81. The van der Waals surface area contributed by atoms with Gasteiger partial charge in [-0.15, -0.1) is 24.8 Å². The van der Waals surface area contributed by atoms with E-state index in [1.165, 1.54) is 24.3 Å². The minimum atomic E-state index is -0.316. The molecule has 1 heterocycles. The van der Waals surface area contributed by atoms with Crippen LogP contribution in [0.15, 0.2) is 42.6 Å². The average Bonchev–Trinajstić information content (AvgIpc) is 2.56. The lowest BCUT2D eigenvalue weighted by molar-refractivity contribution is -0.124. The number of carbonyl (C=O) groups excluding carboxylic acids is 1. The van der Waals surface area contributed by atoms with Gasteiger partial charge < -0.3 is 15.4 Å². The third kappa shape index (κ3) is 7.69. The molecule has 25 heavy (non-hydrogen) atoms. The van der Waals surface area contributed by atoms with E-state index in [1.54, 1.807) is 12.3 Å². The van der Waals surface area contributed by atoms with E-state index < -0.39 is 0 Å². The van der Waals surface area contributed by atoms with Gasteiger partial charge in [0.1, 0.15) is 11.6 Å². The number of hydrogen-bond acceptors (Lipinski definition) is 4. The first kappa shape index (κ1) is 23.1. The standard InChI is InChI=1S/C17H20FN3O2.2ClH/c1-12(9-19-2)17(22)21-11-13-3-8-16(20-10-13)23-15-6-4-14(18)5-7-15;;/h3-8,10,12,19H,9,11H2,1-2H3,(H,21,22);2*1H. The second-order valence-corrected chi connectivity index (χ2v) is 5.24. The number of aromatic nitrogens is 1. The van der Waals surface area contributed by atoms with Gasteiger partial charge >= 0.3 is 0 Å². The fraction of sp³-hybridized carbons (Fsp3) is 0.294. The zero-order chi connectivity index (χ0) is 16.7. The van der Waals surface area contributed by atoms with Crippen LogP contribution in [0.3, 0.4) is 0 Å². The number of ether oxygens (including phenoxy) is 1. The number of hydrogen-bond donors (Lipinski definition) is 2. The van der Waals surface area contributed by atoms with Gasteiger partial charge in [-0.25, -0.2) is 9.37 Å². The number of nitrogens with one attached hydrogen (secondary N) is 2. The maximum absolute atomic E-state index is 12.8. The Morgan fingerprint density at radius 1 is 1.20 bits per heavy atom. The van der Waals surface area contributed by atoms with E-state index >= 15 is 0 Å². The van der Waals surface area contributed by atoms with Crippen molar-refractivity contribution in [1.29, 1.82) is 0 Å². The second kappa shape index (κ2) is 11.6. The summed E-state index contributed by atoms with van der Waals surface area (Å²) in [6.45, 7) is 2.91. The summed E-state index contributed by atoms with van der Waals surface area (Å²) in [6, 6.07) is 9.26. The van der Waals surface area contributed by atoms with Crippen molar-refractivity contribution in [3.05, 3.63) is 54.0 Å². The lowest BCUT2D eigenvalue weighted by Gasteiger charge is -2.11. The molecule has 1 amide bonds. The molecule has 5 nitrogen and oxygen atoms in total. The molecule has 1 aromatic heterocycles. The number of pyridine rings is 1. The van der Waals surface area contributed by atoms with Crippen molar-refractivity contribution in [3.8, 4) is 11.6 Å². The van der Waals surface area contributed by atoms with E-state index in [-0.39, 0.29) is 42.5 Å². The first-order valence-electron chi connectivity index (χ1n) is 7.39. The Hall–Kier alpha value is -1.89. The molecule has 1 atom stereocenters. The third-order valence-electron chi connectivity index (χ3n) is 3.26. The summed E-state index contributed by atoms with van der Waals surface area (Å²) in [4.78, 5) is 16.0. The molecule has 0 spiro atoms. The third-order valence-corrected chi connectivity index (χ3v) is 3.26. The first-order chi connectivity index (χ1) is 11.1. The van der Waals surface area contributed by atoms with Crippen molar-refractivity contribution in [3.63, 3.8) is 0 Å². The van der Waals surface area contributed by atoms with Gasteiger partial charge in [-0.1, -0.05) is 13.0 Å². The highest BCUT2D eigenvalue weighted by Gasteiger charge is 2.11. The zero-order valence-electron chi connectivity index (χ0n) is 14.0. The zero-order valence-corrected chi connectivity index (χ0v) is 15.6. The lowest BCUT2D eigenvalue weighted by atomic mass is 10.1. The van der Waals surface area contributed by atoms with Crippen LogP contribution in [0.2, 0.25) is 0 Å². The fourth-order valence-electron chi connectivity index (χ4n) is 1.96. The van der Waals surface area contributed by atoms with Crippen molar-refractivity contribution in [2.45, 2.75) is 13.5 Å². The number of benzene rings is 1. The number of amides is 1. The van der Waals surface area contributed by atoms with Crippen LogP contribution in [0.1, 0.15) is 12.5 Å². The lowest BCUT2D eigenvalue weighted by Crippen LogP contribution is -2.33. The molecule has 0 fully saturated rings. The smallest absolute Gasteiger partial charge is 0.224 e. The van der Waals surface area contributed by atoms with Crippen molar-refractivity contribution < 1.29 is 13.9 Å². The van der Waals surface area contributed by atoms with Gasteiger partial charge in [0.15, 0.2) is 0 Å². The van der Waals surface area contributed by atoms with E-state index in [0.29, 0.717) is 24.7 Å². The summed E-state index contributed by atoms with van der Waals surface area (Å²) >= 11 is 0. The summed E-state index contributed by atoms with van der Waals surface area (Å²) in [5, 5.41) is 5.82. The van der Waals surface area contributed by atoms with Crippen molar-refractivity contribution >= 4 is 30.7 Å². The van der Waals surface area contributed by atoms with Crippen LogP contribution in [0, 0.1) is 11.7 Å². The highest BCUT2D eigenvalue weighted by Crippen LogP contribution is 2.19. The van der Waals surface area contributed by atoms with Gasteiger partial charge in [-0.05, 0) is 36.9 Å². The largest absolute Gasteiger partial charge is 0.439 e. The molecule has 8 heteroatoms. The molecular weight excluding hydrogens is 368 g/mol. The fourth-order valence-corrected chi connectivity index (χ4v) is 1.96. The predicted molar refractivity (Wildman–Crippen MR) is 100 cm³/mol. The molecule has 0 aliphatic rings. The van der Waals surface area contributed by atoms with E-state index in [9.17, 15) is 9.18 Å². The Balaban J connectivity index is 0.00000288. The highest BCUT2D eigenvalue weighted by molar-refractivity contribution is 5.85. The molecule has 1 unspecified atom stereocenters. The van der Waals surface area contributed by atoms with Crippen molar-refractivity contribution in [2.75, 3.05) is 13.6 Å². The molecule has 0 saturated heterocycles. The van der Waals surface area contributed by atoms with Crippen LogP contribution in [0.4, 0.5) is 4.39 Å². The van der Waals surface area contributed by atoms with E-state index in [1.807, 2.05) is 20.0 Å². The maximum atomic E-state index is 12.8. The molecule has 2 rings (SSSR count). The monoisotopic (exact) mass is 389 g/mol. The van der Waals surface area contributed by atoms with Gasteiger partial charge in [0, 0.05) is 31.3 Å². The number of carbonyl (C=O) groups is 1. The Kier molecular flexibility index (Phi) is 10.7. The van der Waals surface area contributed by atoms with Gasteiger partial charge in [0.2, 0.25) is 11.8 Å². The van der Waals surface area contributed by atoms with Crippen LogP contribution in [0.5, 0.6) is 11.6 Å². The van der Waals surface area contributed by atoms with E-state index in [4.69, 9.17) is 4.74 Å². The average molecular weight is 390 g/mol. The first-order valence-corrected chi connectivity index (χ1v) is 7.39. The Morgan fingerprint density at radius 3 is 2.44 bits per heavy atom. The topological polar surface area (TPSA) is 63.2 Å². The molecule has 2 N–H and O–H groups in total. The van der Waals surface area contributed by atoms with Gasteiger partial charge in [-0.3, -0.25) is 4.79 Å². The van der Waals surface area contributed by atoms with E-state index in [0.717, 1.165) is 5.56 Å². The van der Waals surface area contributed by atoms with Crippen LogP contribution >= 0.6 is 24.8 Å². The number of rotatable bonds is 7. The van der Waals surface area contributed by atoms with Crippen LogP contribution in [-0.2, 0) is 11.3 Å². The van der Waals surface area contributed by atoms with Crippen LogP contribution in [-0.4, -0.2) is 24.5 Å². The van der Waals surface area contributed by atoms with Crippen molar-refractivity contribution in [1.82, 2.24) is 15.6 Å². The van der Waals surface area contributed by atoms with Gasteiger partial charge in [-0.2, -0.15) is 0 Å². The molecule has 0 radical (unpaired) electrons. The summed E-state index contributed by atoms with van der Waals surface area (Å²) in [5.41, 5.74) is 0.876. The van der Waals surface area contributed by atoms with Gasteiger partial charge in [0.25, 0.3) is 0 Å². The molecule has 1 aromatic carbocycles. The Bertz CT molecular complexity index is 639. The molecule has 2 aromatic rings. The number of nitrogens with zero attached hydrogens (tertiary/aromatic N) is 1. The molecule has 0 aliphatic heterocycles. The Morgan fingerprint density at radius 2 is 1.88 bits per heavy atom. The summed E-state index contributed by atoms with van der Waals surface area (Å²) in [6.07, 6.45) is 1.64. The van der Waals surface area contributed by atoms with Crippen LogP contribution < -0.4 is 15.4 Å². The van der Waals surface area contributed by atoms with Gasteiger partial charge in [0.05, 0.1) is 0 Å². The maximum Gasteiger partial charge on any atom is 0.224 e. The van der Waals surface area contributed by atoms with Crippen LogP contribution in [0.25, 0.3) is 0 Å². The highest BCUT2D eigenvalue weighted by atomic mass is 35.5. The summed E-state index contributed by atoms with van der Waals surface area (Å²) in [5.74, 6) is 0.514. The second-order valence-electron chi connectivity index (χ2n) is 5.24. The molecule has 0 aliphatic carbocycles. The summed E-state index contributed by atoms with van der Waals surface area (Å²) < 4.78 is 18.3. The Labute approximate surface area is 159 Å². The van der Waals surface area contributed by atoms with Crippen molar-refractivity contribution in [2.24, 2.45) is 5.92 Å². The number of halogens is 3. The normalized spacial score (nSPS) is 10.8. The quantitative estimate of drug-likeness (QED) is 0.762. The molecule has 138 valence electrons. The SMILES string of the molecule is CNCC(C)C(=O)NCc1ccc(Oc2ccc(F)cc2)nc1.Cl.Cl. The molecule has 0 saturated carbocycles. The molecular formula is C17H22Cl2FN3O2. The minimum absolute atomic E-state index is 0. The minimum Gasteiger partial charge on any atom is -0.439 e. The molecule has 0 bridgehead atoms. The van der Waals surface area contributed by atoms with E-state index in [2.05, 4.69) is 15.6 Å². The predicted octanol–water partition coefficient (Wildman–Crippen LogP) is 3.33.